The van der Waals surface area contributed by atoms with Gasteiger partial charge in [-0.3, -0.25) is 4.79 Å². The number of primary amides is 1. The van der Waals surface area contributed by atoms with Crippen LogP contribution in [0.25, 0.3) is 0 Å². The van der Waals surface area contributed by atoms with Crippen LogP contribution in [0.4, 0.5) is 0 Å². The van der Waals surface area contributed by atoms with Crippen molar-refractivity contribution in [3.63, 3.8) is 0 Å². The van der Waals surface area contributed by atoms with Crippen molar-refractivity contribution < 1.29 is 4.79 Å². The first-order valence-electron chi connectivity index (χ1n) is 3.04. The highest BCUT2D eigenvalue weighted by molar-refractivity contribution is 5.92. The number of H-pyrrole nitrogens is 1. The maximum absolute atomic E-state index is 10.5. The van der Waals surface area contributed by atoms with Gasteiger partial charge >= 0.3 is 5.69 Å². The predicted molar refractivity (Wildman–Crippen MR) is 40.9 cm³/mol. The van der Waals surface area contributed by atoms with Crippen LogP contribution in [0.15, 0.2) is 17.2 Å². The molecule has 3 N–H and O–H groups in total. The van der Waals surface area contributed by atoms with E-state index >= 15 is 0 Å². The van der Waals surface area contributed by atoms with Crippen LogP contribution < -0.4 is 11.4 Å². The van der Waals surface area contributed by atoms with E-state index in [4.69, 9.17) is 5.73 Å². The number of nitrogens with two attached hydrogens (primary N) is 1. The second-order valence-corrected chi connectivity index (χ2v) is 1.92. The summed E-state index contributed by atoms with van der Waals surface area (Å²) in [6.45, 7) is 0. The molecule has 0 aliphatic carbocycles. The second-order valence-electron chi connectivity index (χ2n) is 1.92. The van der Waals surface area contributed by atoms with Gasteiger partial charge in [0.15, 0.2) is 0 Å². The van der Waals surface area contributed by atoms with Crippen molar-refractivity contribution in [3.05, 3.63) is 28.4 Å². The van der Waals surface area contributed by atoms with E-state index in [2.05, 4.69) is 21.8 Å². The monoisotopic (exact) mass is 163 g/mol. The predicted octanol–water partition coefficient (Wildman–Crippen LogP) is -1.39. The van der Waals surface area contributed by atoms with Gasteiger partial charge in [-0.25, -0.2) is 9.78 Å². The van der Waals surface area contributed by atoms with Crippen LogP contribution >= 0.6 is 0 Å². The topological polar surface area (TPSA) is 88.8 Å². The Morgan fingerprint density at radius 2 is 2.42 bits per heavy atom. The first kappa shape index (κ1) is 8.01. The van der Waals surface area contributed by atoms with Crippen molar-refractivity contribution in [2.75, 3.05) is 0 Å². The lowest BCUT2D eigenvalue weighted by Crippen LogP contribution is -2.09. The number of carbonyl (C=O) groups excluding carboxylic acids is 1. The van der Waals surface area contributed by atoms with Gasteiger partial charge in [-0.2, -0.15) is 0 Å². The molecule has 0 saturated heterocycles. The standard InChI is InChI=1S/C7H5N3O2/c8-6(11)2-1-5-3-9-7(12)10-4-5/h3-4H,(H2,8,11)(H,9,10,12). The van der Waals surface area contributed by atoms with Gasteiger partial charge in [0.25, 0.3) is 5.91 Å². The molecule has 0 aliphatic rings. The lowest BCUT2D eigenvalue weighted by molar-refractivity contribution is -0.112. The minimum Gasteiger partial charge on any atom is -0.359 e. The molecule has 1 amide bonds. The SMILES string of the molecule is NC(=O)C#Cc1cnc(=O)[nH]c1. The number of carbonyl (C=O) groups is 1. The number of amides is 1. The summed E-state index contributed by atoms with van der Waals surface area (Å²) in [4.78, 5) is 26.3. The van der Waals surface area contributed by atoms with Gasteiger partial charge in [-0.1, -0.05) is 5.92 Å². The average Bonchev–Trinajstić information content (AvgIpc) is 2.03. The Kier molecular flexibility index (Phi) is 2.23. The molecule has 60 valence electrons. The minimum absolute atomic E-state index is 0.438. The van der Waals surface area contributed by atoms with Crippen molar-refractivity contribution in [1.29, 1.82) is 0 Å². The fourth-order valence-electron chi connectivity index (χ4n) is 0.544. The largest absolute Gasteiger partial charge is 0.359 e. The highest BCUT2D eigenvalue weighted by atomic mass is 16.1. The molecule has 1 aromatic heterocycles. The third kappa shape index (κ3) is 2.27. The van der Waals surface area contributed by atoms with Crippen LogP contribution in [-0.4, -0.2) is 15.9 Å². The van der Waals surface area contributed by atoms with Crippen molar-refractivity contribution in [2.45, 2.75) is 0 Å². The number of nitrogens with zero attached hydrogens (tertiary/aromatic N) is 1. The van der Waals surface area contributed by atoms with E-state index in [0.717, 1.165) is 0 Å². The minimum atomic E-state index is -0.721. The summed E-state index contributed by atoms with van der Waals surface area (Å²) in [5, 5.41) is 0. The van der Waals surface area contributed by atoms with Crippen molar-refractivity contribution in [3.8, 4) is 11.8 Å². The van der Waals surface area contributed by atoms with Crippen molar-refractivity contribution in [1.82, 2.24) is 9.97 Å². The number of hydrogen-bond donors (Lipinski definition) is 2. The van der Waals surface area contributed by atoms with Gasteiger partial charge in [-0.15, -0.1) is 0 Å². The molecule has 0 aliphatic heterocycles. The quantitative estimate of drug-likeness (QED) is 0.461. The van der Waals surface area contributed by atoms with Crippen LogP contribution in [0, 0.1) is 11.8 Å². The molecular formula is C7H5N3O2. The number of nitrogens with one attached hydrogen (secondary N) is 1. The molecule has 0 radical (unpaired) electrons. The first-order valence-corrected chi connectivity index (χ1v) is 3.04. The first-order chi connectivity index (χ1) is 5.68. The van der Waals surface area contributed by atoms with Crippen LogP contribution in [-0.2, 0) is 4.79 Å². The van der Waals surface area contributed by atoms with Crippen LogP contribution in [0.2, 0.25) is 0 Å². The molecule has 0 aromatic carbocycles. The number of aromatic amines is 1. The molecule has 0 unspecified atom stereocenters. The molecule has 1 rings (SSSR count). The van der Waals surface area contributed by atoms with Crippen LogP contribution in [0.5, 0.6) is 0 Å². The van der Waals surface area contributed by atoms with E-state index in [0.29, 0.717) is 5.56 Å². The smallest absolute Gasteiger partial charge is 0.344 e. The average molecular weight is 163 g/mol. The van der Waals surface area contributed by atoms with E-state index in [-0.39, 0.29) is 0 Å². The van der Waals surface area contributed by atoms with Gasteiger partial charge in [-0.05, 0) is 0 Å². The molecule has 5 nitrogen and oxygen atoms in total. The van der Waals surface area contributed by atoms with E-state index in [9.17, 15) is 9.59 Å². The molecule has 0 fully saturated rings. The summed E-state index contributed by atoms with van der Waals surface area (Å²) < 4.78 is 0. The number of hydrogen-bond acceptors (Lipinski definition) is 3. The van der Waals surface area contributed by atoms with Gasteiger partial charge in [0.2, 0.25) is 0 Å². The van der Waals surface area contributed by atoms with Gasteiger partial charge < -0.3 is 10.7 Å². The number of rotatable bonds is 0. The number of aromatic nitrogens is 2. The van der Waals surface area contributed by atoms with Gasteiger partial charge in [0.05, 0.1) is 5.56 Å². The molecule has 0 bridgehead atoms. The van der Waals surface area contributed by atoms with Crippen LogP contribution in [0.1, 0.15) is 5.56 Å². The molecule has 12 heavy (non-hydrogen) atoms. The van der Waals surface area contributed by atoms with E-state index in [1.807, 2.05) is 0 Å². The maximum Gasteiger partial charge on any atom is 0.344 e. The Balaban J connectivity index is 2.94. The molecule has 0 saturated carbocycles. The van der Waals surface area contributed by atoms with E-state index in [1.54, 1.807) is 0 Å². The van der Waals surface area contributed by atoms with E-state index < -0.39 is 11.6 Å². The normalized spacial score (nSPS) is 8.33. The lowest BCUT2D eigenvalue weighted by Gasteiger charge is -1.84. The van der Waals surface area contributed by atoms with Crippen molar-refractivity contribution >= 4 is 5.91 Å². The summed E-state index contributed by atoms with van der Waals surface area (Å²) in [6.07, 6.45) is 2.61. The Bertz CT molecular complexity index is 390. The lowest BCUT2D eigenvalue weighted by atomic mass is 10.3. The zero-order valence-corrected chi connectivity index (χ0v) is 6.00. The molecule has 0 spiro atoms. The highest BCUT2D eigenvalue weighted by Crippen LogP contribution is 1.84. The zero-order valence-electron chi connectivity index (χ0n) is 6.00. The fraction of sp³-hybridized carbons (Fsp3) is 0. The molecular weight excluding hydrogens is 158 g/mol. The summed E-state index contributed by atoms with van der Waals surface area (Å²) in [6, 6.07) is 0. The highest BCUT2D eigenvalue weighted by Gasteiger charge is 1.87. The molecule has 5 heteroatoms. The van der Waals surface area contributed by atoms with Gasteiger partial charge in [0.1, 0.15) is 0 Å². The third-order valence-corrected chi connectivity index (χ3v) is 1.00. The fourth-order valence-corrected chi connectivity index (χ4v) is 0.544. The Hall–Kier alpha value is -2.09. The van der Waals surface area contributed by atoms with Crippen LogP contribution in [0.3, 0.4) is 0 Å². The maximum atomic E-state index is 10.5. The second kappa shape index (κ2) is 3.34. The summed E-state index contributed by atoms with van der Waals surface area (Å²) >= 11 is 0. The van der Waals surface area contributed by atoms with Crippen molar-refractivity contribution in [2.24, 2.45) is 5.73 Å². The Morgan fingerprint density at radius 1 is 1.67 bits per heavy atom. The molecule has 0 atom stereocenters. The summed E-state index contributed by atoms with van der Waals surface area (Å²) in [7, 11) is 0. The van der Waals surface area contributed by atoms with Gasteiger partial charge in [0, 0.05) is 18.3 Å². The zero-order chi connectivity index (χ0) is 8.97. The summed E-state index contributed by atoms with van der Waals surface area (Å²) in [5.41, 5.74) is 4.74. The molecule has 1 aromatic rings. The third-order valence-electron chi connectivity index (χ3n) is 1.00. The molecule has 1 heterocycles. The van der Waals surface area contributed by atoms with E-state index in [1.165, 1.54) is 12.4 Å². The Morgan fingerprint density at radius 3 is 2.92 bits per heavy atom. The summed E-state index contributed by atoms with van der Waals surface area (Å²) in [5.74, 6) is 3.80. The Labute approximate surface area is 67.6 Å².